The van der Waals surface area contributed by atoms with E-state index in [0.717, 1.165) is 5.39 Å². The summed E-state index contributed by atoms with van der Waals surface area (Å²) in [6.45, 7) is 1.79. The SMILES string of the molecule is Cc1nn(C)cc1C(=O)c1cc2c(Cl)cccc2o1. The lowest BCUT2D eigenvalue weighted by molar-refractivity contribution is 0.101. The van der Waals surface area contributed by atoms with E-state index in [1.54, 1.807) is 49.1 Å². The maximum Gasteiger partial charge on any atom is 0.231 e. The van der Waals surface area contributed by atoms with Gasteiger partial charge < -0.3 is 4.42 Å². The molecule has 0 atom stereocenters. The molecular weight excluding hydrogens is 264 g/mol. The number of aryl methyl sites for hydroxylation is 2. The number of fused-ring (bicyclic) bond motifs is 1. The first-order valence-electron chi connectivity index (χ1n) is 5.79. The van der Waals surface area contributed by atoms with Gasteiger partial charge in [-0.25, -0.2) is 0 Å². The van der Waals surface area contributed by atoms with E-state index in [4.69, 9.17) is 16.0 Å². The van der Waals surface area contributed by atoms with Crippen molar-refractivity contribution in [2.45, 2.75) is 6.92 Å². The van der Waals surface area contributed by atoms with E-state index >= 15 is 0 Å². The van der Waals surface area contributed by atoms with Gasteiger partial charge in [-0.15, -0.1) is 0 Å². The topological polar surface area (TPSA) is 48.0 Å². The fourth-order valence-corrected chi connectivity index (χ4v) is 2.31. The van der Waals surface area contributed by atoms with Crippen molar-refractivity contribution >= 4 is 28.4 Å². The fourth-order valence-electron chi connectivity index (χ4n) is 2.09. The summed E-state index contributed by atoms with van der Waals surface area (Å²) in [5, 5.41) is 5.47. The van der Waals surface area contributed by atoms with Crippen LogP contribution in [-0.4, -0.2) is 15.6 Å². The number of carbonyl (C=O) groups is 1. The first-order valence-corrected chi connectivity index (χ1v) is 6.17. The Morgan fingerprint density at radius 1 is 1.42 bits per heavy atom. The van der Waals surface area contributed by atoms with Crippen LogP contribution >= 0.6 is 11.6 Å². The van der Waals surface area contributed by atoms with Crippen LogP contribution in [0.25, 0.3) is 11.0 Å². The minimum atomic E-state index is -0.183. The van der Waals surface area contributed by atoms with Crippen molar-refractivity contribution in [3.05, 3.63) is 52.5 Å². The zero-order valence-electron chi connectivity index (χ0n) is 10.5. The molecule has 2 aromatic heterocycles. The Kier molecular flexibility index (Phi) is 2.68. The second-order valence-electron chi connectivity index (χ2n) is 4.39. The maximum atomic E-state index is 12.4. The van der Waals surface area contributed by atoms with Gasteiger partial charge in [0.2, 0.25) is 5.78 Å². The molecule has 5 heteroatoms. The molecule has 0 radical (unpaired) electrons. The van der Waals surface area contributed by atoms with Crippen molar-refractivity contribution in [3.8, 4) is 0 Å². The lowest BCUT2D eigenvalue weighted by Gasteiger charge is -1.93. The Hall–Kier alpha value is -2.07. The minimum absolute atomic E-state index is 0.183. The van der Waals surface area contributed by atoms with Crippen molar-refractivity contribution in [1.82, 2.24) is 9.78 Å². The first kappa shape index (κ1) is 12.0. The predicted octanol–water partition coefficient (Wildman–Crippen LogP) is 3.36. The van der Waals surface area contributed by atoms with Crippen LogP contribution in [-0.2, 0) is 7.05 Å². The van der Waals surface area contributed by atoms with Crippen molar-refractivity contribution in [2.75, 3.05) is 0 Å². The van der Waals surface area contributed by atoms with Crippen molar-refractivity contribution in [1.29, 1.82) is 0 Å². The summed E-state index contributed by atoms with van der Waals surface area (Å²) in [6.07, 6.45) is 1.69. The van der Waals surface area contributed by atoms with Crippen LogP contribution in [0.3, 0.4) is 0 Å². The number of furan rings is 1. The van der Waals surface area contributed by atoms with E-state index in [1.165, 1.54) is 0 Å². The molecule has 96 valence electrons. The third-order valence-corrected chi connectivity index (χ3v) is 3.32. The van der Waals surface area contributed by atoms with Gasteiger partial charge in [0.05, 0.1) is 16.3 Å². The van der Waals surface area contributed by atoms with E-state index in [2.05, 4.69) is 5.10 Å². The van der Waals surface area contributed by atoms with Crippen LogP contribution in [0.15, 0.2) is 34.9 Å². The summed E-state index contributed by atoms with van der Waals surface area (Å²) in [7, 11) is 1.78. The molecule has 0 spiro atoms. The number of ketones is 1. The molecule has 0 saturated heterocycles. The molecule has 1 aromatic carbocycles. The minimum Gasteiger partial charge on any atom is -0.453 e. The summed E-state index contributed by atoms with van der Waals surface area (Å²) in [4.78, 5) is 12.4. The number of benzene rings is 1. The molecule has 3 aromatic rings. The lowest BCUT2D eigenvalue weighted by Crippen LogP contribution is -1.99. The molecule has 0 aliphatic rings. The summed E-state index contributed by atoms with van der Waals surface area (Å²) in [5.41, 5.74) is 1.83. The van der Waals surface area contributed by atoms with Crippen LogP contribution in [0.4, 0.5) is 0 Å². The van der Waals surface area contributed by atoms with Crippen LogP contribution in [0, 0.1) is 6.92 Å². The molecule has 3 rings (SSSR count). The lowest BCUT2D eigenvalue weighted by atomic mass is 10.1. The Balaban J connectivity index is 2.12. The van der Waals surface area contributed by atoms with Gasteiger partial charge in [-0.1, -0.05) is 17.7 Å². The van der Waals surface area contributed by atoms with Gasteiger partial charge in [0, 0.05) is 18.6 Å². The Bertz CT molecular complexity index is 786. The molecule has 0 amide bonds. The quantitative estimate of drug-likeness (QED) is 0.673. The Labute approximate surface area is 114 Å². The molecule has 0 aliphatic heterocycles. The van der Waals surface area contributed by atoms with Crippen LogP contribution < -0.4 is 0 Å². The number of carbonyl (C=O) groups excluding carboxylic acids is 1. The van der Waals surface area contributed by atoms with Gasteiger partial charge in [-0.05, 0) is 25.1 Å². The van der Waals surface area contributed by atoms with Gasteiger partial charge in [-0.2, -0.15) is 5.10 Å². The van der Waals surface area contributed by atoms with Crippen LogP contribution in [0.2, 0.25) is 5.02 Å². The highest BCUT2D eigenvalue weighted by Gasteiger charge is 2.19. The smallest absolute Gasteiger partial charge is 0.231 e. The van der Waals surface area contributed by atoms with Gasteiger partial charge in [0.1, 0.15) is 5.58 Å². The van der Waals surface area contributed by atoms with Gasteiger partial charge in [0.15, 0.2) is 5.76 Å². The predicted molar refractivity (Wildman–Crippen MR) is 72.6 cm³/mol. The Morgan fingerprint density at radius 3 is 2.84 bits per heavy atom. The van der Waals surface area contributed by atoms with Crippen molar-refractivity contribution < 1.29 is 9.21 Å². The summed E-state index contributed by atoms with van der Waals surface area (Å²) < 4.78 is 7.17. The molecule has 2 heterocycles. The number of hydrogen-bond donors (Lipinski definition) is 0. The van der Waals surface area contributed by atoms with Crippen LogP contribution in [0.5, 0.6) is 0 Å². The number of aromatic nitrogens is 2. The monoisotopic (exact) mass is 274 g/mol. The molecule has 0 saturated carbocycles. The average molecular weight is 275 g/mol. The molecule has 0 aliphatic carbocycles. The van der Waals surface area contributed by atoms with E-state index in [-0.39, 0.29) is 11.5 Å². The molecular formula is C14H11ClN2O2. The highest BCUT2D eigenvalue weighted by Crippen LogP contribution is 2.28. The standard InChI is InChI=1S/C14H11ClN2O2/c1-8-10(7-17(2)16-8)14(18)13-6-9-11(15)4-3-5-12(9)19-13/h3-7H,1-2H3. The third kappa shape index (κ3) is 1.94. The second kappa shape index (κ2) is 4.24. The average Bonchev–Trinajstić information content (AvgIpc) is 2.93. The molecule has 4 nitrogen and oxygen atoms in total. The van der Waals surface area contributed by atoms with E-state index < -0.39 is 0 Å². The maximum absolute atomic E-state index is 12.4. The highest BCUT2D eigenvalue weighted by molar-refractivity contribution is 6.35. The van der Waals surface area contributed by atoms with Crippen LogP contribution in [0.1, 0.15) is 21.8 Å². The van der Waals surface area contributed by atoms with Crippen molar-refractivity contribution in [2.24, 2.45) is 7.05 Å². The van der Waals surface area contributed by atoms with E-state index in [1.807, 2.05) is 0 Å². The largest absolute Gasteiger partial charge is 0.453 e. The molecule has 0 N–H and O–H groups in total. The normalized spacial score (nSPS) is 11.1. The zero-order chi connectivity index (χ0) is 13.6. The highest BCUT2D eigenvalue weighted by atomic mass is 35.5. The molecule has 0 bridgehead atoms. The molecule has 0 unspecified atom stereocenters. The Morgan fingerprint density at radius 2 is 2.21 bits per heavy atom. The van der Waals surface area contributed by atoms with Gasteiger partial charge in [-0.3, -0.25) is 9.48 Å². The zero-order valence-corrected chi connectivity index (χ0v) is 11.2. The molecule has 19 heavy (non-hydrogen) atoms. The number of hydrogen-bond acceptors (Lipinski definition) is 3. The second-order valence-corrected chi connectivity index (χ2v) is 4.80. The summed E-state index contributed by atoms with van der Waals surface area (Å²) in [5.74, 6) is 0.0945. The fraction of sp³-hybridized carbons (Fsp3) is 0.143. The number of nitrogens with zero attached hydrogens (tertiary/aromatic N) is 2. The van der Waals surface area contributed by atoms with E-state index in [0.29, 0.717) is 21.9 Å². The number of halogens is 1. The van der Waals surface area contributed by atoms with Gasteiger partial charge in [0.25, 0.3) is 0 Å². The summed E-state index contributed by atoms with van der Waals surface area (Å²) in [6, 6.07) is 7.02. The number of rotatable bonds is 2. The van der Waals surface area contributed by atoms with Gasteiger partial charge >= 0.3 is 0 Å². The third-order valence-electron chi connectivity index (χ3n) is 2.99. The molecule has 0 fully saturated rings. The summed E-state index contributed by atoms with van der Waals surface area (Å²) >= 11 is 6.07. The van der Waals surface area contributed by atoms with Crippen molar-refractivity contribution in [3.63, 3.8) is 0 Å². The first-order chi connectivity index (χ1) is 9.06. The van der Waals surface area contributed by atoms with E-state index in [9.17, 15) is 4.79 Å².